The topological polar surface area (TPSA) is 38.3 Å². The summed E-state index contributed by atoms with van der Waals surface area (Å²) in [6, 6.07) is 16.9. The highest BCUT2D eigenvalue weighted by atomic mass is 35.5. The van der Waals surface area contributed by atoms with Crippen LogP contribution >= 0.6 is 11.6 Å². The first-order valence-electron chi connectivity index (χ1n) is 7.29. The predicted octanol–water partition coefficient (Wildman–Crippen LogP) is 4.23. The van der Waals surface area contributed by atoms with Gasteiger partial charge in [0.1, 0.15) is 5.75 Å². The Balaban J connectivity index is 1.93. The molecule has 2 aromatic carbocycles. The minimum absolute atomic E-state index is 0.0162. The van der Waals surface area contributed by atoms with E-state index in [1.165, 1.54) is 0 Å². The molecule has 0 fully saturated rings. The monoisotopic (exact) mass is 317 g/mol. The zero-order valence-corrected chi connectivity index (χ0v) is 13.5. The minimum Gasteiger partial charge on any atom is -0.484 e. The summed E-state index contributed by atoms with van der Waals surface area (Å²) >= 11 is 5.81. The molecule has 2 aromatic rings. The second-order valence-electron chi connectivity index (χ2n) is 5.44. The lowest BCUT2D eigenvalue weighted by Crippen LogP contribution is -2.35. The van der Waals surface area contributed by atoms with Crippen LogP contribution in [0.3, 0.4) is 0 Å². The van der Waals surface area contributed by atoms with Crippen molar-refractivity contribution in [2.75, 3.05) is 6.61 Å². The average molecular weight is 318 g/mol. The molecule has 22 heavy (non-hydrogen) atoms. The molecule has 0 unspecified atom stereocenters. The highest BCUT2D eigenvalue weighted by molar-refractivity contribution is 6.30. The summed E-state index contributed by atoms with van der Waals surface area (Å²) in [7, 11) is 0. The van der Waals surface area contributed by atoms with E-state index in [2.05, 4.69) is 19.2 Å². The van der Waals surface area contributed by atoms with Gasteiger partial charge in [0.2, 0.25) is 0 Å². The van der Waals surface area contributed by atoms with Gasteiger partial charge in [0, 0.05) is 5.02 Å². The molecular formula is C18H20ClNO2. The van der Waals surface area contributed by atoms with Crippen molar-refractivity contribution < 1.29 is 9.53 Å². The summed E-state index contributed by atoms with van der Waals surface area (Å²) < 4.78 is 5.47. The zero-order chi connectivity index (χ0) is 15.9. The molecule has 0 bridgehead atoms. The van der Waals surface area contributed by atoms with E-state index >= 15 is 0 Å². The molecule has 0 heterocycles. The second-order valence-corrected chi connectivity index (χ2v) is 5.88. The van der Waals surface area contributed by atoms with Crippen molar-refractivity contribution in [3.8, 4) is 5.75 Å². The van der Waals surface area contributed by atoms with E-state index in [0.717, 1.165) is 5.56 Å². The normalized spacial score (nSPS) is 12.0. The Labute approximate surface area is 136 Å². The maximum Gasteiger partial charge on any atom is 0.258 e. The van der Waals surface area contributed by atoms with E-state index in [4.69, 9.17) is 16.3 Å². The van der Waals surface area contributed by atoms with E-state index in [0.29, 0.717) is 16.7 Å². The highest BCUT2D eigenvalue weighted by Gasteiger charge is 2.18. The van der Waals surface area contributed by atoms with Gasteiger partial charge < -0.3 is 10.1 Å². The van der Waals surface area contributed by atoms with Gasteiger partial charge in [-0.25, -0.2) is 0 Å². The largest absolute Gasteiger partial charge is 0.484 e. The van der Waals surface area contributed by atoms with Crippen molar-refractivity contribution >= 4 is 17.5 Å². The summed E-state index contributed by atoms with van der Waals surface area (Å²) in [6.07, 6.45) is 0. The van der Waals surface area contributed by atoms with E-state index in [9.17, 15) is 4.79 Å². The third-order valence-electron chi connectivity index (χ3n) is 3.33. The number of rotatable bonds is 6. The Kier molecular flexibility index (Phi) is 5.84. The molecule has 0 aliphatic rings. The molecule has 0 saturated carbocycles. The third kappa shape index (κ3) is 4.78. The Hall–Kier alpha value is -2.00. The van der Waals surface area contributed by atoms with Gasteiger partial charge in [-0.3, -0.25) is 4.79 Å². The summed E-state index contributed by atoms with van der Waals surface area (Å²) in [5.41, 5.74) is 1.09. The maximum atomic E-state index is 12.1. The average Bonchev–Trinajstić information content (AvgIpc) is 2.52. The number of carbonyl (C=O) groups is 1. The molecule has 4 heteroatoms. The van der Waals surface area contributed by atoms with Gasteiger partial charge in [-0.05, 0) is 35.7 Å². The molecule has 0 aromatic heterocycles. The Bertz CT molecular complexity index is 596. The van der Waals surface area contributed by atoms with Crippen molar-refractivity contribution in [1.82, 2.24) is 5.32 Å². The Morgan fingerprint density at radius 1 is 1.09 bits per heavy atom. The van der Waals surface area contributed by atoms with Crippen molar-refractivity contribution in [2.45, 2.75) is 19.9 Å². The Morgan fingerprint density at radius 3 is 2.32 bits per heavy atom. The van der Waals surface area contributed by atoms with Crippen LogP contribution in [0.2, 0.25) is 5.02 Å². The lowest BCUT2D eigenvalue weighted by molar-refractivity contribution is -0.124. The maximum absolute atomic E-state index is 12.1. The SMILES string of the molecule is CC(C)[C@H](NC(=O)COc1ccc(Cl)cc1)c1ccccc1. The van der Waals surface area contributed by atoms with Gasteiger partial charge in [0.05, 0.1) is 6.04 Å². The van der Waals surface area contributed by atoms with Crippen LogP contribution in [0.25, 0.3) is 0 Å². The number of amides is 1. The molecule has 0 aliphatic heterocycles. The smallest absolute Gasteiger partial charge is 0.258 e. The Morgan fingerprint density at radius 2 is 1.73 bits per heavy atom. The molecule has 1 atom stereocenters. The van der Waals surface area contributed by atoms with Crippen LogP contribution in [0, 0.1) is 5.92 Å². The van der Waals surface area contributed by atoms with E-state index in [1.54, 1.807) is 24.3 Å². The van der Waals surface area contributed by atoms with Gasteiger partial charge in [0.25, 0.3) is 5.91 Å². The number of hydrogen-bond donors (Lipinski definition) is 1. The van der Waals surface area contributed by atoms with E-state index in [-0.39, 0.29) is 18.6 Å². The number of ether oxygens (including phenoxy) is 1. The fourth-order valence-corrected chi connectivity index (χ4v) is 2.32. The summed E-state index contributed by atoms with van der Waals surface area (Å²) in [5.74, 6) is 0.778. The summed E-state index contributed by atoms with van der Waals surface area (Å²) in [5, 5.41) is 3.66. The minimum atomic E-state index is -0.141. The molecule has 2 rings (SSSR count). The molecule has 0 saturated heterocycles. The molecule has 3 nitrogen and oxygen atoms in total. The summed E-state index contributed by atoms with van der Waals surface area (Å²) in [4.78, 5) is 12.1. The van der Waals surface area contributed by atoms with E-state index < -0.39 is 0 Å². The van der Waals surface area contributed by atoms with Gasteiger partial charge in [-0.2, -0.15) is 0 Å². The van der Waals surface area contributed by atoms with Crippen LogP contribution in [0.15, 0.2) is 54.6 Å². The second kappa shape index (κ2) is 7.85. The molecule has 116 valence electrons. The number of halogens is 1. The van der Waals surface area contributed by atoms with Crippen LogP contribution in [-0.4, -0.2) is 12.5 Å². The molecular weight excluding hydrogens is 298 g/mol. The molecule has 0 radical (unpaired) electrons. The van der Waals surface area contributed by atoms with Crippen LogP contribution < -0.4 is 10.1 Å². The van der Waals surface area contributed by atoms with E-state index in [1.807, 2.05) is 30.3 Å². The van der Waals surface area contributed by atoms with Gasteiger partial charge in [0.15, 0.2) is 6.61 Å². The standard InChI is InChI=1S/C18H20ClNO2/c1-13(2)18(14-6-4-3-5-7-14)20-17(21)12-22-16-10-8-15(19)9-11-16/h3-11,13,18H,12H2,1-2H3,(H,20,21)/t18-/m0/s1. The van der Waals surface area contributed by atoms with Gasteiger partial charge in [-0.1, -0.05) is 55.8 Å². The van der Waals surface area contributed by atoms with Crippen LogP contribution in [0.4, 0.5) is 0 Å². The number of benzene rings is 2. The molecule has 1 amide bonds. The highest BCUT2D eigenvalue weighted by Crippen LogP contribution is 2.21. The first-order valence-corrected chi connectivity index (χ1v) is 7.66. The predicted molar refractivity (Wildman–Crippen MR) is 89.1 cm³/mol. The third-order valence-corrected chi connectivity index (χ3v) is 3.58. The molecule has 1 N–H and O–H groups in total. The van der Waals surface area contributed by atoms with Crippen molar-refractivity contribution in [1.29, 1.82) is 0 Å². The lowest BCUT2D eigenvalue weighted by atomic mass is 9.96. The van der Waals surface area contributed by atoms with Crippen LogP contribution in [0.5, 0.6) is 5.75 Å². The van der Waals surface area contributed by atoms with Gasteiger partial charge >= 0.3 is 0 Å². The van der Waals surface area contributed by atoms with Crippen molar-refractivity contribution in [3.63, 3.8) is 0 Å². The number of nitrogens with one attached hydrogen (secondary N) is 1. The fourth-order valence-electron chi connectivity index (χ4n) is 2.19. The number of hydrogen-bond acceptors (Lipinski definition) is 2. The first kappa shape index (κ1) is 16.4. The van der Waals surface area contributed by atoms with Crippen LogP contribution in [0.1, 0.15) is 25.5 Å². The molecule has 0 spiro atoms. The van der Waals surface area contributed by atoms with Gasteiger partial charge in [-0.15, -0.1) is 0 Å². The fraction of sp³-hybridized carbons (Fsp3) is 0.278. The quantitative estimate of drug-likeness (QED) is 0.865. The van der Waals surface area contributed by atoms with Crippen LogP contribution in [-0.2, 0) is 4.79 Å². The first-order chi connectivity index (χ1) is 10.6. The number of carbonyl (C=O) groups excluding carboxylic acids is 1. The van der Waals surface area contributed by atoms with Crippen molar-refractivity contribution in [2.24, 2.45) is 5.92 Å². The zero-order valence-electron chi connectivity index (χ0n) is 12.8. The molecule has 0 aliphatic carbocycles. The van der Waals surface area contributed by atoms with Crippen molar-refractivity contribution in [3.05, 3.63) is 65.2 Å². The summed E-state index contributed by atoms with van der Waals surface area (Å²) in [6.45, 7) is 4.15. The lowest BCUT2D eigenvalue weighted by Gasteiger charge is -2.23.